The normalized spacial score (nSPS) is 16.9. The average molecular weight is 279 g/mol. The number of rotatable bonds is 4. The van der Waals surface area contributed by atoms with Crippen LogP contribution in [0.3, 0.4) is 0 Å². The molecule has 1 amide bonds. The molecule has 1 fully saturated rings. The Labute approximate surface area is 120 Å². The van der Waals surface area contributed by atoms with Gasteiger partial charge in [0.25, 0.3) is 5.91 Å². The SMILES string of the molecule is Cc1c(C(=O)N2CCC(O)CC2)cnn1CCC(C)C. The molecule has 0 radical (unpaired) electrons. The summed E-state index contributed by atoms with van der Waals surface area (Å²) in [6.45, 7) is 8.45. The fraction of sp³-hybridized carbons (Fsp3) is 0.733. The first-order valence-corrected chi connectivity index (χ1v) is 7.48. The van der Waals surface area contributed by atoms with Crippen molar-refractivity contribution in [2.24, 2.45) is 5.92 Å². The van der Waals surface area contributed by atoms with Crippen molar-refractivity contribution in [2.75, 3.05) is 13.1 Å². The van der Waals surface area contributed by atoms with Gasteiger partial charge in [-0.1, -0.05) is 13.8 Å². The summed E-state index contributed by atoms with van der Waals surface area (Å²) < 4.78 is 1.92. The van der Waals surface area contributed by atoms with Gasteiger partial charge in [-0.15, -0.1) is 0 Å². The number of aliphatic hydroxyl groups excluding tert-OH is 1. The van der Waals surface area contributed by atoms with Crippen molar-refractivity contribution in [1.29, 1.82) is 0 Å². The summed E-state index contributed by atoms with van der Waals surface area (Å²) in [5, 5.41) is 13.8. The van der Waals surface area contributed by atoms with Crippen LogP contribution in [0.5, 0.6) is 0 Å². The Bertz CT molecular complexity index is 460. The summed E-state index contributed by atoms with van der Waals surface area (Å²) in [7, 11) is 0. The molecule has 2 rings (SSSR count). The second kappa shape index (κ2) is 6.39. The topological polar surface area (TPSA) is 58.4 Å². The van der Waals surface area contributed by atoms with Crippen LogP contribution in [0.2, 0.25) is 0 Å². The van der Waals surface area contributed by atoms with Gasteiger partial charge in [0.2, 0.25) is 0 Å². The molecule has 1 aliphatic heterocycles. The molecule has 1 saturated heterocycles. The van der Waals surface area contributed by atoms with Gasteiger partial charge in [-0.25, -0.2) is 0 Å². The largest absolute Gasteiger partial charge is 0.393 e. The third-order valence-corrected chi connectivity index (χ3v) is 4.00. The van der Waals surface area contributed by atoms with E-state index in [0.29, 0.717) is 37.4 Å². The van der Waals surface area contributed by atoms with Gasteiger partial charge < -0.3 is 10.0 Å². The Kier molecular flexibility index (Phi) is 4.81. The van der Waals surface area contributed by atoms with Crippen molar-refractivity contribution in [3.63, 3.8) is 0 Å². The number of nitrogens with zero attached hydrogens (tertiary/aromatic N) is 3. The van der Waals surface area contributed by atoms with E-state index in [1.165, 1.54) is 0 Å². The smallest absolute Gasteiger partial charge is 0.257 e. The monoisotopic (exact) mass is 279 g/mol. The summed E-state index contributed by atoms with van der Waals surface area (Å²) in [6.07, 6.45) is 3.84. The first-order valence-electron chi connectivity index (χ1n) is 7.48. The van der Waals surface area contributed by atoms with E-state index in [4.69, 9.17) is 0 Å². The second-order valence-electron chi connectivity index (χ2n) is 6.07. The Morgan fingerprint density at radius 1 is 1.45 bits per heavy atom. The van der Waals surface area contributed by atoms with E-state index in [9.17, 15) is 9.90 Å². The van der Waals surface area contributed by atoms with Crippen molar-refractivity contribution < 1.29 is 9.90 Å². The zero-order valence-corrected chi connectivity index (χ0v) is 12.7. The fourth-order valence-electron chi connectivity index (χ4n) is 2.50. The molecule has 0 bridgehead atoms. The zero-order valence-electron chi connectivity index (χ0n) is 12.7. The summed E-state index contributed by atoms with van der Waals surface area (Å²) >= 11 is 0. The van der Waals surface area contributed by atoms with Gasteiger partial charge in [0.1, 0.15) is 0 Å². The number of hydrogen-bond donors (Lipinski definition) is 1. The van der Waals surface area contributed by atoms with Crippen LogP contribution in [-0.4, -0.2) is 44.9 Å². The maximum Gasteiger partial charge on any atom is 0.257 e. The summed E-state index contributed by atoms with van der Waals surface area (Å²) in [4.78, 5) is 14.3. The van der Waals surface area contributed by atoms with Crippen LogP contribution >= 0.6 is 0 Å². The molecule has 1 aromatic heterocycles. The predicted molar refractivity (Wildman–Crippen MR) is 77.6 cm³/mol. The molecular weight excluding hydrogens is 254 g/mol. The quantitative estimate of drug-likeness (QED) is 0.915. The Hall–Kier alpha value is -1.36. The Morgan fingerprint density at radius 3 is 2.70 bits per heavy atom. The molecule has 0 atom stereocenters. The van der Waals surface area contributed by atoms with Gasteiger partial charge in [-0.3, -0.25) is 9.48 Å². The van der Waals surface area contributed by atoms with Crippen molar-refractivity contribution in [1.82, 2.24) is 14.7 Å². The summed E-state index contributed by atoms with van der Waals surface area (Å²) in [6, 6.07) is 0. The van der Waals surface area contributed by atoms with Gasteiger partial charge in [-0.2, -0.15) is 5.10 Å². The molecule has 112 valence electrons. The highest BCUT2D eigenvalue weighted by atomic mass is 16.3. The standard InChI is InChI=1S/C15H25N3O2/c1-11(2)4-9-18-12(3)14(10-16-18)15(20)17-7-5-13(19)6-8-17/h10-11,13,19H,4-9H2,1-3H3. The molecule has 2 heterocycles. The maximum atomic E-state index is 12.5. The third-order valence-electron chi connectivity index (χ3n) is 4.00. The molecule has 1 aliphatic rings. The van der Waals surface area contributed by atoms with E-state index in [-0.39, 0.29) is 12.0 Å². The fourth-order valence-corrected chi connectivity index (χ4v) is 2.50. The second-order valence-corrected chi connectivity index (χ2v) is 6.07. The van der Waals surface area contributed by atoms with Gasteiger partial charge in [0, 0.05) is 25.3 Å². The van der Waals surface area contributed by atoms with Crippen LogP contribution in [-0.2, 0) is 6.54 Å². The van der Waals surface area contributed by atoms with Crippen LogP contribution in [0, 0.1) is 12.8 Å². The minimum atomic E-state index is -0.256. The van der Waals surface area contributed by atoms with Crippen LogP contribution in [0.4, 0.5) is 0 Å². The van der Waals surface area contributed by atoms with E-state index < -0.39 is 0 Å². The predicted octanol–water partition coefficient (Wildman–Crippen LogP) is 1.83. The molecule has 0 unspecified atom stereocenters. The van der Waals surface area contributed by atoms with Crippen LogP contribution in [0.15, 0.2) is 6.20 Å². The van der Waals surface area contributed by atoms with Crippen LogP contribution < -0.4 is 0 Å². The van der Waals surface area contributed by atoms with Crippen LogP contribution in [0.25, 0.3) is 0 Å². The average Bonchev–Trinajstić information content (AvgIpc) is 2.78. The minimum absolute atomic E-state index is 0.0465. The number of carbonyl (C=O) groups is 1. The molecule has 0 aromatic carbocycles. The number of hydrogen-bond acceptors (Lipinski definition) is 3. The highest BCUT2D eigenvalue weighted by molar-refractivity contribution is 5.95. The van der Waals surface area contributed by atoms with Gasteiger partial charge in [0.05, 0.1) is 17.9 Å². The Balaban J connectivity index is 2.03. The molecular formula is C15H25N3O2. The van der Waals surface area contributed by atoms with Crippen molar-refractivity contribution in [2.45, 2.75) is 52.7 Å². The lowest BCUT2D eigenvalue weighted by molar-refractivity contribution is 0.0546. The van der Waals surface area contributed by atoms with Crippen molar-refractivity contribution in [3.05, 3.63) is 17.5 Å². The number of amides is 1. The zero-order chi connectivity index (χ0) is 14.7. The number of likely N-dealkylation sites (tertiary alicyclic amines) is 1. The highest BCUT2D eigenvalue weighted by Crippen LogP contribution is 2.16. The van der Waals surface area contributed by atoms with Gasteiger partial charge in [0.15, 0.2) is 0 Å². The first kappa shape index (κ1) is 15.0. The maximum absolute atomic E-state index is 12.5. The minimum Gasteiger partial charge on any atom is -0.393 e. The molecule has 1 N–H and O–H groups in total. The molecule has 5 nitrogen and oxygen atoms in total. The van der Waals surface area contributed by atoms with E-state index in [1.54, 1.807) is 6.20 Å². The number of piperidine rings is 1. The molecule has 5 heteroatoms. The molecule has 0 saturated carbocycles. The molecule has 0 spiro atoms. The molecule has 1 aromatic rings. The molecule has 20 heavy (non-hydrogen) atoms. The number of aromatic nitrogens is 2. The first-order chi connectivity index (χ1) is 9.49. The number of aliphatic hydroxyl groups is 1. The van der Waals surface area contributed by atoms with Gasteiger partial charge in [-0.05, 0) is 32.1 Å². The van der Waals surface area contributed by atoms with E-state index in [0.717, 1.165) is 18.7 Å². The van der Waals surface area contributed by atoms with E-state index >= 15 is 0 Å². The number of carbonyl (C=O) groups excluding carboxylic acids is 1. The number of aryl methyl sites for hydroxylation is 1. The summed E-state index contributed by atoms with van der Waals surface area (Å²) in [5.41, 5.74) is 1.65. The van der Waals surface area contributed by atoms with Crippen molar-refractivity contribution >= 4 is 5.91 Å². The molecule has 0 aliphatic carbocycles. The third kappa shape index (κ3) is 3.39. The van der Waals surface area contributed by atoms with Crippen molar-refractivity contribution in [3.8, 4) is 0 Å². The lowest BCUT2D eigenvalue weighted by atomic mass is 10.1. The highest BCUT2D eigenvalue weighted by Gasteiger charge is 2.24. The van der Waals surface area contributed by atoms with E-state index in [1.807, 2.05) is 16.5 Å². The lowest BCUT2D eigenvalue weighted by Gasteiger charge is -2.29. The van der Waals surface area contributed by atoms with Crippen LogP contribution in [0.1, 0.15) is 49.2 Å². The Morgan fingerprint density at radius 2 is 2.10 bits per heavy atom. The lowest BCUT2D eigenvalue weighted by Crippen LogP contribution is -2.40. The van der Waals surface area contributed by atoms with Gasteiger partial charge >= 0.3 is 0 Å². The van der Waals surface area contributed by atoms with E-state index in [2.05, 4.69) is 18.9 Å². The summed E-state index contributed by atoms with van der Waals surface area (Å²) in [5.74, 6) is 0.673.